The molecule has 1 unspecified atom stereocenters. The van der Waals surface area contributed by atoms with Crippen molar-refractivity contribution in [1.29, 1.82) is 0 Å². The summed E-state index contributed by atoms with van der Waals surface area (Å²) in [6, 6.07) is 14.6. The third-order valence-electron chi connectivity index (χ3n) is 5.61. The zero-order valence-electron chi connectivity index (χ0n) is 19.8. The molecule has 0 saturated carbocycles. The number of nitrogens with one attached hydrogen (secondary N) is 1. The van der Waals surface area contributed by atoms with Crippen LogP contribution in [0.4, 0.5) is 10.1 Å². The van der Waals surface area contributed by atoms with Crippen LogP contribution in [0, 0.1) is 5.82 Å². The van der Waals surface area contributed by atoms with Gasteiger partial charge in [0.2, 0.25) is 11.8 Å². The SMILES string of the molecule is CNC(=O)C(C)N(Cc1c(Cl)cccc1Cl)C(=O)CN(c1ccc(F)c(Cl)c1)S(=O)(=O)c1ccccc1. The summed E-state index contributed by atoms with van der Waals surface area (Å²) in [6.07, 6.45) is 0. The first kappa shape index (κ1) is 28.7. The van der Waals surface area contributed by atoms with E-state index in [-0.39, 0.29) is 32.2 Å². The Morgan fingerprint density at radius 2 is 1.57 bits per heavy atom. The molecular weight excluding hydrogens is 564 g/mol. The highest BCUT2D eigenvalue weighted by Gasteiger charge is 2.33. The van der Waals surface area contributed by atoms with E-state index in [4.69, 9.17) is 34.8 Å². The highest BCUT2D eigenvalue weighted by atomic mass is 35.5. The van der Waals surface area contributed by atoms with E-state index in [1.165, 1.54) is 49.2 Å². The number of hydrogen-bond donors (Lipinski definition) is 1. The van der Waals surface area contributed by atoms with E-state index in [1.54, 1.807) is 24.3 Å². The first-order chi connectivity index (χ1) is 17.5. The number of halogens is 4. The average molecular weight is 587 g/mol. The summed E-state index contributed by atoms with van der Waals surface area (Å²) in [4.78, 5) is 27.3. The fourth-order valence-corrected chi connectivity index (χ4v) is 5.65. The number of likely N-dealkylation sites (N-methyl/N-ethyl adjacent to an activating group) is 1. The lowest BCUT2D eigenvalue weighted by Crippen LogP contribution is -2.50. The Kier molecular flexibility index (Phi) is 9.41. The Morgan fingerprint density at radius 3 is 2.14 bits per heavy atom. The largest absolute Gasteiger partial charge is 0.357 e. The Balaban J connectivity index is 2.08. The van der Waals surface area contributed by atoms with Gasteiger partial charge in [0.15, 0.2) is 0 Å². The van der Waals surface area contributed by atoms with Gasteiger partial charge in [0.25, 0.3) is 10.0 Å². The van der Waals surface area contributed by atoms with Crippen molar-refractivity contribution in [2.45, 2.75) is 24.4 Å². The van der Waals surface area contributed by atoms with Crippen LogP contribution in [0.15, 0.2) is 71.6 Å². The molecule has 12 heteroatoms. The molecule has 0 heterocycles. The number of benzene rings is 3. The molecule has 3 aromatic rings. The lowest BCUT2D eigenvalue weighted by atomic mass is 10.1. The van der Waals surface area contributed by atoms with Crippen molar-refractivity contribution >= 4 is 62.3 Å². The Morgan fingerprint density at radius 1 is 0.946 bits per heavy atom. The molecule has 0 spiro atoms. The van der Waals surface area contributed by atoms with Crippen molar-refractivity contribution in [1.82, 2.24) is 10.2 Å². The fourth-order valence-electron chi connectivity index (χ4n) is 3.53. The van der Waals surface area contributed by atoms with E-state index in [0.717, 1.165) is 16.4 Å². The molecule has 0 bridgehead atoms. The Labute approximate surface area is 229 Å². The predicted octanol–water partition coefficient (Wildman–Crippen LogP) is 5.14. The fraction of sp³-hybridized carbons (Fsp3) is 0.200. The molecule has 0 saturated heterocycles. The van der Waals surface area contributed by atoms with Crippen LogP contribution >= 0.6 is 34.8 Å². The van der Waals surface area contributed by atoms with E-state index in [1.807, 2.05) is 0 Å². The summed E-state index contributed by atoms with van der Waals surface area (Å²) in [5.41, 5.74) is 0.351. The maximum absolute atomic E-state index is 13.9. The third-order valence-corrected chi connectivity index (χ3v) is 8.39. The topological polar surface area (TPSA) is 86.8 Å². The van der Waals surface area contributed by atoms with Crippen molar-refractivity contribution < 1.29 is 22.4 Å². The summed E-state index contributed by atoms with van der Waals surface area (Å²) in [7, 11) is -2.89. The van der Waals surface area contributed by atoms with Crippen molar-refractivity contribution in [3.8, 4) is 0 Å². The molecule has 37 heavy (non-hydrogen) atoms. The number of rotatable bonds is 9. The highest BCUT2D eigenvalue weighted by Crippen LogP contribution is 2.30. The molecule has 1 N–H and O–H groups in total. The van der Waals surface area contributed by atoms with Gasteiger partial charge in [-0.3, -0.25) is 13.9 Å². The van der Waals surface area contributed by atoms with Crippen LogP contribution in [0.1, 0.15) is 12.5 Å². The lowest BCUT2D eigenvalue weighted by molar-refractivity contribution is -0.139. The van der Waals surface area contributed by atoms with Crippen molar-refractivity contribution in [3.63, 3.8) is 0 Å². The molecule has 7 nitrogen and oxygen atoms in total. The van der Waals surface area contributed by atoms with Gasteiger partial charge in [-0.15, -0.1) is 0 Å². The number of carbonyl (C=O) groups excluding carboxylic acids is 2. The normalized spacial score (nSPS) is 12.1. The van der Waals surface area contributed by atoms with Gasteiger partial charge in [-0.05, 0) is 49.4 Å². The Hall–Kier alpha value is -2.85. The van der Waals surface area contributed by atoms with E-state index in [9.17, 15) is 22.4 Å². The zero-order valence-corrected chi connectivity index (χ0v) is 22.9. The summed E-state index contributed by atoms with van der Waals surface area (Å²) < 4.78 is 41.9. The van der Waals surface area contributed by atoms with Crippen LogP contribution in [-0.2, 0) is 26.2 Å². The van der Waals surface area contributed by atoms with Gasteiger partial charge >= 0.3 is 0 Å². The van der Waals surface area contributed by atoms with Gasteiger partial charge in [0.1, 0.15) is 18.4 Å². The van der Waals surface area contributed by atoms with Crippen LogP contribution in [0.3, 0.4) is 0 Å². The summed E-state index contributed by atoms with van der Waals surface area (Å²) >= 11 is 18.5. The molecular formula is C25H23Cl3FN3O4S. The third kappa shape index (κ3) is 6.54. The van der Waals surface area contributed by atoms with Gasteiger partial charge in [-0.1, -0.05) is 59.1 Å². The van der Waals surface area contributed by atoms with Gasteiger partial charge in [-0.2, -0.15) is 0 Å². The Bertz CT molecular complexity index is 1390. The lowest BCUT2D eigenvalue weighted by Gasteiger charge is -2.32. The zero-order chi connectivity index (χ0) is 27.3. The minimum Gasteiger partial charge on any atom is -0.357 e. The second kappa shape index (κ2) is 12.1. The average Bonchev–Trinajstić information content (AvgIpc) is 2.88. The molecule has 3 rings (SSSR count). The van der Waals surface area contributed by atoms with Crippen molar-refractivity contribution in [3.05, 3.63) is 93.2 Å². The van der Waals surface area contributed by atoms with E-state index in [0.29, 0.717) is 5.56 Å². The molecule has 3 aromatic carbocycles. The highest BCUT2D eigenvalue weighted by molar-refractivity contribution is 7.92. The van der Waals surface area contributed by atoms with Crippen molar-refractivity contribution in [2.24, 2.45) is 0 Å². The number of carbonyl (C=O) groups is 2. The number of nitrogens with zero attached hydrogens (tertiary/aromatic N) is 2. The second-order valence-electron chi connectivity index (χ2n) is 7.94. The minimum atomic E-state index is -4.30. The standard InChI is InChI=1S/C25H23Cl3FN3O4S/c1-16(25(34)30-2)31(14-19-20(26)9-6-10-21(19)27)24(33)15-32(17-11-12-23(29)22(28)13-17)37(35,36)18-7-4-3-5-8-18/h3-13,16H,14-15H2,1-2H3,(H,30,34). The molecule has 0 aliphatic rings. The van der Waals surface area contributed by atoms with Gasteiger partial charge < -0.3 is 10.2 Å². The molecule has 0 radical (unpaired) electrons. The summed E-state index contributed by atoms with van der Waals surface area (Å²) in [6.45, 7) is 0.601. The predicted molar refractivity (Wildman–Crippen MR) is 143 cm³/mol. The maximum Gasteiger partial charge on any atom is 0.264 e. The minimum absolute atomic E-state index is 0.0353. The van der Waals surface area contributed by atoms with Gasteiger partial charge in [-0.25, -0.2) is 12.8 Å². The molecule has 196 valence electrons. The second-order valence-corrected chi connectivity index (χ2v) is 11.0. The number of amides is 2. The molecule has 0 aliphatic heterocycles. The van der Waals surface area contributed by atoms with Crippen molar-refractivity contribution in [2.75, 3.05) is 17.9 Å². The number of anilines is 1. The quantitative estimate of drug-likeness (QED) is 0.376. The molecule has 0 aliphatic carbocycles. The summed E-state index contributed by atoms with van der Waals surface area (Å²) in [5.74, 6) is -1.97. The van der Waals surface area contributed by atoms with Crippen LogP contribution in [0.25, 0.3) is 0 Å². The smallest absolute Gasteiger partial charge is 0.264 e. The number of sulfonamides is 1. The van der Waals surface area contributed by atoms with Crippen LogP contribution in [-0.4, -0.2) is 44.8 Å². The van der Waals surface area contributed by atoms with E-state index < -0.39 is 40.2 Å². The van der Waals surface area contributed by atoms with Crippen LogP contribution < -0.4 is 9.62 Å². The van der Waals surface area contributed by atoms with Gasteiger partial charge in [0.05, 0.1) is 15.6 Å². The van der Waals surface area contributed by atoms with Gasteiger partial charge in [0, 0.05) is 29.2 Å². The summed E-state index contributed by atoms with van der Waals surface area (Å²) in [5, 5.41) is 2.70. The van der Waals surface area contributed by atoms with Crippen LogP contribution in [0.2, 0.25) is 15.1 Å². The first-order valence-corrected chi connectivity index (χ1v) is 13.5. The molecule has 0 aromatic heterocycles. The van der Waals surface area contributed by atoms with E-state index >= 15 is 0 Å². The molecule has 0 fully saturated rings. The van der Waals surface area contributed by atoms with E-state index in [2.05, 4.69) is 5.32 Å². The molecule has 1 atom stereocenters. The maximum atomic E-state index is 13.9. The number of hydrogen-bond acceptors (Lipinski definition) is 4. The molecule has 2 amide bonds. The van der Waals surface area contributed by atoms with Crippen LogP contribution in [0.5, 0.6) is 0 Å². The monoisotopic (exact) mass is 585 g/mol. The first-order valence-electron chi connectivity index (χ1n) is 10.9.